The van der Waals surface area contributed by atoms with Crippen molar-refractivity contribution in [3.8, 4) is 0 Å². The number of esters is 1. The summed E-state index contributed by atoms with van der Waals surface area (Å²) in [5.41, 5.74) is 8.88. The fourth-order valence-corrected chi connectivity index (χ4v) is 4.23. The molecule has 0 spiro atoms. The average Bonchev–Trinajstić information content (AvgIpc) is 3.27. The molecule has 1 saturated heterocycles. The second-order valence-electron chi connectivity index (χ2n) is 8.70. The minimum Gasteiger partial charge on any atom is -0.498 e. The van der Waals surface area contributed by atoms with Gasteiger partial charge >= 0.3 is 5.97 Å². The van der Waals surface area contributed by atoms with E-state index >= 15 is 0 Å². The number of anilines is 1. The number of aryl methyl sites for hydroxylation is 1. The summed E-state index contributed by atoms with van der Waals surface area (Å²) in [5.74, 6) is -0.318. The average molecular weight is 507 g/mol. The number of nitrogen functional groups attached to an aromatic ring is 1. The molecule has 4 rings (SSSR count). The van der Waals surface area contributed by atoms with E-state index in [1.807, 2.05) is 24.3 Å². The zero-order chi connectivity index (χ0) is 26.4. The number of hydrogen-bond donors (Lipinski definition) is 2. The Balaban J connectivity index is 1.33. The van der Waals surface area contributed by atoms with E-state index in [1.165, 1.54) is 7.11 Å². The number of amides is 2. The van der Waals surface area contributed by atoms with Crippen LogP contribution in [0.15, 0.2) is 54.3 Å². The molecule has 2 aromatic carbocycles. The number of amidine groups is 1. The highest BCUT2D eigenvalue weighted by atomic mass is 16.5. The Morgan fingerprint density at radius 3 is 2.35 bits per heavy atom. The molecule has 37 heavy (non-hydrogen) atoms. The third-order valence-corrected chi connectivity index (χ3v) is 6.36. The van der Waals surface area contributed by atoms with Crippen LogP contribution in [0.5, 0.6) is 0 Å². The quantitative estimate of drug-likeness (QED) is 0.300. The van der Waals surface area contributed by atoms with Crippen LogP contribution in [-0.2, 0) is 35.0 Å². The first-order valence-corrected chi connectivity index (χ1v) is 12.0. The summed E-state index contributed by atoms with van der Waals surface area (Å²) in [6.07, 6.45) is 0.592. The lowest BCUT2D eigenvalue weighted by molar-refractivity contribution is -0.153. The van der Waals surface area contributed by atoms with Crippen LogP contribution in [-0.4, -0.2) is 75.1 Å². The van der Waals surface area contributed by atoms with Gasteiger partial charge in [-0.25, -0.2) is 0 Å². The number of nitrogens with one attached hydrogen (secondary N) is 1. The summed E-state index contributed by atoms with van der Waals surface area (Å²) in [7, 11) is 1.54. The van der Waals surface area contributed by atoms with Crippen LogP contribution >= 0.6 is 0 Å². The molecule has 194 valence electrons. The standard InChI is InChI=1S/C27H30N4O6/c1-35-22-16-31(21-9-7-20(8-10-21)26(28)29)27(34)25(22)19-5-2-18(3-6-19)4-11-24(33)37-17-23(32)30-12-14-36-15-13-30/h2-3,5-10H,4,11-17H2,1H3,(H3,28,29). The molecule has 2 aromatic rings. The Labute approximate surface area is 215 Å². The van der Waals surface area contributed by atoms with Gasteiger partial charge in [-0.15, -0.1) is 0 Å². The maximum Gasteiger partial charge on any atom is 0.306 e. The zero-order valence-electron chi connectivity index (χ0n) is 20.7. The monoisotopic (exact) mass is 506 g/mol. The fourth-order valence-electron chi connectivity index (χ4n) is 4.23. The molecule has 0 aliphatic carbocycles. The number of hydrogen-bond acceptors (Lipinski definition) is 7. The van der Waals surface area contributed by atoms with Crippen LogP contribution in [0, 0.1) is 5.41 Å². The summed E-state index contributed by atoms with van der Waals surface area (Å²) in [6, 6.07) is 14.3. The molecule has 2 aliphatic heterocycles. The maximum absolute atomic E-state index is 13.3. The smallest absolute Gasteiger partial charge is 0.306 e. The first kappa shape index (κ1) is 25.9. The minimum atomic E-state index is -0.438. The van der Waals surface area contributed by atoms with E-state index in [0.717, 1.165) is 5.56 Å². The number of carbonyl (C=O) groups is 3. The molecule has 0 radical (unpaired) electrons. The van der Waals surface area contributed by atoms with Crippen LogP contribution < -0.4 is 10.6 Å². The number of ether oxygens (including phenoxy) is 3. The van der Waals surface area contributed by atoms with E-state index in [9.17, 15) is 14.4 Å². The van der Waals surface area contributed by atoms with Crippen LogP contribution in [0.2, 0.25) is 0 Å². The second kappa shape index (κ2) is 11.7. The molecule has 0 aromatic heterocycles. The van der Waals surface area contributed by atoms with Gasteiger partial charge in [-0.3, -0.25) is 19.8 Å². The van der Waals surface area contributed by atoms with E-state index in [4.69, 9.17) is 25.4 Å². The Hall–Kier alpha value is -4.18. The Kier molecular flexibility index (Phi) is 8.19. The molecule has 3 N–H and O–H groups in total. The van der Waals surface area contributed by atoms with Gasteiger partial charge in [0.25, 0.3) is 11.8 Å². The molecule has 1 fully saturated rings. The molecule has 10 nitrogen and oxygen atoms in total. The van der Waals surface area contributed by atoms with Crippen molar-refractivity contribution in [2.24, 2.45) is 5.73 Å². The Morgan fingerprint density at radius 1 is 1.05 bits per heavy atom. The van der Waals surface area contributed by atoms with E-state index in [2.05, 4.69) is 0 Å². The van der Waals surface area contributed by atoms with E-state index in [-0.39, 0.29) is 30.7 Å². The van der Waals surface area contributed by atoms with Crippen molar-refractivity contribution in [3.05, 3.63) is 71.0 Å². The van der Waals surface area contributed by atoms with Crippen molar-refractivity contribution in [3.63, 3.8) is 0 Å². The lowest BCUT2D eigenvalue weighted by atomic mass is 10.0. The fraction of sp³-hybridized carbons (Fsp3) is 0.333. The third-order valence-electron chi connectivity index (χ3n) is 6.36. The van der Waals surface area contributed by atoms with E-state index in [0.29, 0.717) is 67.4 Å². The summed E-state index contributed by atoms with van der Waals surface area (Å²) >= 11 is 0. The number of nitrogens with two attached hydrogens (primary N) is 1. The number of methoxy groups -OCH3 is 1. The van der Waals surface area contributed by atoms with E-state index < -0.39 is 5.97 Å². The van der Waals surface area contributed by atoms with Gasteiger partial charge in [0.05, 0.1) is 32.4 Å². The third kappa shape index (κ3) is 6.15. The number of carbonyl (C=O) groups excluding carboxylic acids is 3. The summed E-state index contributed by atoms with van der Waals surface area (Å²) < 4.78 is 15.9. The number of benzene rings is 2. The summed E-state index contributed by atoms with van der Waals surface area (Å²) in [4.78, 5) is 40.7. The molecule has 10 heteroatoms. The SMILES string of the molecule is COC1=C(c2ccc(CCC(=O)OCC(=O)N3CCOCC3)cc2)C(=O)N(c2ccc(C(=N)N)cc2)C1. The van der Waals surface area contributed by atoms with Crippen molar-refractivity contribution in [1.82, 2.24) is 4.90 Å². The molecule has 2 amide bonds. The molecule has 2 aliphatic rings. The van der Waals surface area contributed by atoms with E-state index in [1.54, 1.807) is 34.1 Å². The number of nitrogens with zero attached hydrogens (tertiary/aromatic N) is 2. The van der Waals surface area contributed by atoms with Crippen LogP contribution in [0.1, 0.15) is 23.1 Å². The topological polar surface area (TPSA) is 135 Å². The van der Waals surface area contributed by atoms with Crippen LogP contribution in [0.4, 0.5) is 5.69 Å². The van der Waals surface area contributed by atoms with Gasteiger partial charge in [0.1, 0.15) is 11.6 Å². The van der Waals surface area contributed by atoms with Gasteiger partial charge in [-0.2, -0.15) is 0 Å². The molecule has 0 atom stereocenters. The molecule has 0 bridgehead atoms. The maximum atomic E-state index is 13.3. The second-order valence-corrected chi connectivity index (χ2v) is 8.70. The van der Waals surface area contributed by atoms with Crippen molar-refractivity contribution in [2.75, 3.05) is 51.5 Å². The van der Waals surface area contributed by atoms with Crippen molar-refractivity contribution >= 4 is 34.9 Å². The molecule has 0 unspecified atom stereocenters. The van der Waals surface area contributed by atoms with Crippen molar-refractivity contribution in [1.29, 1.82) is 5.41 Å². The largest absolute Gasteiger partial charge is 0.498 e. The van der Waals surface area contributed by atoms with Gasteiger partial charge in [-0.1, -0.05) is 24.3 Å². The van der Waals surface area contributed by atoms with Gasteiger partial charge in [0.15, 0.2) is 6.61 Å². The van der Waals surface area contributed by atoms with Crippen LogP contribution in [0.25, 0.3) is 5.57 Å². The highest BCUT2D eigenvalue weighted by molar-refractivity contribution is 6.29. The molecular formula is C27H30N4O6. The van der Waals surface area contributed by atoms with Crippen molar-refractivity contribution in [2.45, 2.75) is 12.8 Å². The first-order valence-electron chi connectivity index (χ1n) is 12.0. The minimum absolute atomic E-state index is 0.0366. The van der Waals surface area contributed by atoms with Gasteiger partial charge in [0, 0.05) is 30.8 Å². The highest BCUT2D eigenvalue weighted by Crippen LogP contribution is 2.32. The lowest BCUT2D eigenvalue weighted by Gasteiger charge is -2.26. The van der Waals surface area contributed by atoms with Gasteiger partial charge in [0.2, 0.25) is 0 Å². The summed E-state index contributed by atoms with van der Waals surface area (Å²) in [6.45, 7) is 2.04. The Morgan fingerprint density at radius 2 is 1.73 bits per heavy atom. The highest BCUT2D eigenvalue weighted by Gasteiger charge is 2.33. The summed E-state index contributed by atoms with van der Waals surface area (Å²) in [5, 5.41) is 7.53. The predicted molar refractivity (Wildman–Crippen MR) is 137 cm³/mol. The molecule has 2 heterocycles. The molecule has 0 saturated carbocycles. The number of morpholine rings is 1. The van der Waals surface area contributed by atoms with Crippen LogP contribution in [0.3, 0.4) is 0 Å². The first-order chi connectivity index (χ1) is 17.9. The van der Waals surface area contributed by atoms with Gasteiger partial charge in [-0.05, 0) is 41.8 Å². The Bertz CT molecular complexity index is 1200. The number of rotatable bonds is 9. The lowest BCUT2D eigenvalue weighted by Crippen LogP contribution is -2.42. The van der Waals surface area contributed by atoms with Crippen molar-refractivity contribution < 1.29 is 28.6 Å². The normalized spacial score (nSPS) is 15.6. The van der Waals surface area contributed by atoms with Gasteiger partial charge < -0.3 is 29.7 Å². The zero-order valence-corrected chi connectivity index (χ0v) is 20.7. The molecular weight excluding hydrogens is 476 g/mol. The predicted octanol–water partition coefficient (Wildman–Crippen LogP) is 1.71.